The van der Waals surface area contributed by atoms with Crippen molar-refractivity contribution < 1.29 is 19.1 Å². The molecule has 0 aliphatic heterocycles. The SMILES string of the molecule is Cc1ccoc1C(=O)NCC(C(=O)O)C(C)C. The summed E-state index contributed by atoms with van der Waals surface area (Å²) in [7, 11) is 0. The summed E-state index contributed by atoms with van der Waals surface area (Å²) in [4.78, 5) is 22.6. The molecular weight excluding hydrogens is 222 g/mol. The average molecular weight is 239 g/mol. The van der Waals surface area contributed by atoms with Crippen LogP contribution in [0.4, 0.5) is 0 Å². The zero-order valence-electron chi connectivity index (χ0n) is 10.2. The quantitative estimate of drug-likeness (QED) is 0.819. The van der Waals surface area contributed by atoms with E-state index in [1.54, 1.807) is 13.0 Å². The van der Waals surface area contributed by atoms with E-state index in [-0.39, 0.29) is 24.1 Å². The van der Waals surface area contributed by atoms with Crippen LogP contribution in [-0.2, 0) is 4.79 Å². The minimum absolute atomic E-state index is 0.0366. The van der Waals surface area contributed by atoms with Crippen molar-refractivity contribution in [3.8, 4) is 0 Å². The number of hydrogen-bond acceptors (Lipinski definition) is 3. The van der Waals surface area contributed by atoms with E-state index in [9.17, 15) is 9.59 Å². The van der Waals surface area contributed by atoms with Crippen LogP contribution in [0.1, 0.15) is 30.0 Å². The van der Waals surface area contributed by atoms with Crippen LogP contribution >= 0.6 is 0 Å². The van der Waals surface area contributed by atoms with Gasteiger partial charge in [0.1, 0.15) is 0 Å². The van der Waals surface area contributed by atoms with E-state index in [4.69, 9.17) is 9.52 Å². The second-order valence-electron chi connectivity index (χ2n) is 4.33. The molecule has 0 spiro atoms. The first kappa shape index (κ1) is 13.3. The Kier molecular flexibility index (Phi) is 4.31. The Morgan fingerprint density at radius 1 is 1.47 bits per heavy atom. The van der Waals surface area contributed by atoms with Gasteiger partial charge < -0.3 is 14.8 Å². The van der Waals surface area contributed by atoms with E-state index >= 15 is 0 Å². The normalized spacial score (nSPS) is 12.5. The van der Waals surface area contributed by atoms with E-state index in [1.165, 1.54) is 6.26 Å². The van der Waals surface area contributed by atoms with Crippen LogP contribution in [0.5, 0.6) is 0 Å². The van der Waals surface area contributed by atoms with E-state index in [1.807, 2.05) is 13.8 Å². The fourth-order valence-electron chi connectivity index (χ4n) is 1.50. The first-order valence-electron chi connectivity index (χ1n) is 5.48. The summed E-state index contributed by atoms with van der Waals surface area (Å²) in [5, 5.41) is 11.5. The van der Waals surface area contributed by atoms with Gasteiger partial charge in [-0.05, 0) is 18.9 Å². The summed E-state index contributed by atoms with van der Waals surface area (Å²) in [6.07, 6.45) is 1.43. The molecule has 0 radical (unpaired) electrons. The Balaban J connectivity index is 2.59. The summed E-state index contributed by atoms with van der Waals surface area (Å²) in [6.45, 7) is 5.48. The molecule has 94 valence electrons. The molecule has 0 aliphatic carbocycles. The molecule has 0 aromatic carbocycles. The lowest BCUT2D eigenvalue weighted by molar-refractivity contribution is -0.142. The molecule has 0 fully saturated rings. The maximum Gasteiger partial charge on any atom is 0.308 e. The smallest absolute Gasteiger partial charge is 0.308 e. The highest BCUT2D eigenvalue weighted by Gasteiger charge is 2.23. The highest BCUT2D eigenvalue weighted by Crippen LogP contribution is 2.11. The summed E-state index contributed by atoms with van der Waals surface area (Å²) < 4.78 is 5.02. The Hall–Kier alpha value is -1.78. The highest BCUT2D eigenvalue weighted by atomic mass is 16.4. The number of amides is 1. The van der Waals surface area contributed by atoms with Gasteiger partial charge in [0.2, 0.25) is 0 Å². The van der Waals surface area contributed by atoms with Crippen molar-refractivity contribution in [2.45, 2.75) is 20.8 Å². The third-order valence-corrected chi connectivity index (χ3v) is 2.67. The number of carbonyl (C=O) groups excluding carboxylic acids is 1. The maximum atomic E-state index is 11.7. The van der Waals surface area contributed by atoms with Crippen molar-refractivity contribution in [2.75, 3.05) is 6.54 Å². The van der Waals surface area contributed by atoms with E-state index in [2.05, 4.69) is 5.32 Å². The van der Waals surface area contributed by atoms with Crippen LogP contribution in [0.2, 0.25) is 0 Å². The minimum atomic E-state index is -0.906. The third kappa shape index (κ3) is 3.34. The molecule has 1 aromatic heterocycles. The van der Waals surface area contributed by atoms with Crippen molar-refractivity contribution >= 4 is 11.9 Å². The number of aliphatic carboxylic acids is 1. The summed E-state index contributed by atoms with van der Waals surface area (Å²) in [5.41, 5.74) is 0.735. The van der Waals surface area contributed by atoms with Crippen LogP contribution in [0, 0.1) is 18.8 Å². The van der Waals surface area contributed by atoms with Crippen LogP contribution in [0.15, 0.2) is 16.7 Å². The van der Waals surface area contributed by atoms with E-state index in [0.717, 1.165) is 5.56 Å². The largest absolute Gasteiger partial charge is 0.481 e. The molecule has 1 atom stereocenters. The lowest BCUT2D eigenvalue weighted by Gasteiger charge is -2.16. The molecule has 0 aliphatic rings. The number of carboxylic acids is 1. The Bertz CT molecular complexity index is 408. The Morgan fingerprint density at radius 2 is 2.12 bits per heavy atom. The Labute approximate surface area is 99.8 Å². The zero-order chi connectivity index (χ0) is 13.0. The zero-order valence-corrected chi connectivity index (χ0v) is 10.2. The van der Waals surface area contributed by atoms with Crippen molar-refractivity contribution in [1.29, 1.82) is 0 Å². The number of furan rings is 1. The summed E-state index contributed by atoms with van der Waals surface area (Å²) >= 11 is 0. The summed E-state index contributed by atoms with van der Waals surface area (Å²) in [5.74, 6) is -1.67. The maximum absolute atomic E-state index is 11.7. The predicted molar refractivity (Wildman–Crippen MR) is 61.7 cm³/mol. The van der Waals surface area contributed by atoms with Gasteiger partial charge in [0.25, 0.3) is 5.91 Å². The number of aryl methyl sites for hydroxylation is 1. The number of carbonyl (C=O) groups is 2. The molecule has 0 saturated carbocycles. The fourth-order valence-corrected chi connectivity index (χ4v) is 1.50. The predicted octanol–water partition coefficient (Wildman–Crippen LogP) is 1.67. The number of nitrogens with one attached hydrogen (secondary N) is 1. The van der Waals surface area contributed by atoms with Gasteiger partial charge in [-0.2, -0.15) is 0 Å². The molecule has 5 heteroatoms. The lowest BCUT2D eigenvalue weighted by atomic mass is 9.96. The third-order valence-electron chi connectivity index (χ3n) is 2.67. The van der Waals surface area contributed by atoms with Crippen molar-refractivity contribution in [2.24, 2.45) is 11.8 Å². The van der Waals surface area contributed by atoms with Crippen LogP contribution in [0.3, 0.4) is 0 Å². The van der Waals surface area contributed by atoms with E-state index < -0.39 is 11.9 Å². The Morgan fingerprint density at radius 3 is 2.53 bits per heavy atom. The molecule has 2 N–H and O–H groups in total. The van der Waals surface area contributed by atoms with Gasteiger partial charge in [-0.25, -0.2) is 0 Å². The van der Waals surface area contributed by atoms with Crippen molar-refractivity contribution in [3.63, 3.8) is 0 Å². The molecule has 1 heterocycles. The second-order valence-corrected chi connectivity index (χ2v) is 4.33. The molecule has 17 heavy (non-hydrogen) atoms. The van der Waals surface area contributed by atoms with Crippen LogP contribution in [-0.4, -0.2) is 23.5 Å². The molecule has 0 bridgehead atoms. The van der Waals surface area contributed by atoms with Crippen LogP contribution < -0.4 is 5.32 Å². The lowest BCUT2D eigenvalue weighted by Crippen LogP contribution is -2.35. The molecule has 1 amide bonds. The van der Waals surface area contributed by atoms with Gasteiger partial charge in [-0.3, -0.25) is 9.59 Å². The molecule has 5 nitrogen and oxygen atoms in total. The monoisotopic (exact) mass is 239 g/mol. The molecule has 0 saturated heterocycles. The van der Waals surface area contributed by atoms with Gasteiger partial charge in [0, 0.05) is 12.1 Å². The number of rotatable bonds is 5. The van der Waals surface area contributed by atoms with E-state index in [0.29, 0.717) is 0 Å². The standard InChI is InChI=1S/C12H17NO4/c1-7(2)9(12(15)16)6-13-11(14)10-8(3)4-5-17-10/h4-5,7,9H,6H2,1-3H3,(H,13,14)(H,15,16). The van der Waals surface area contributed by atoms with Gasteiger partial charge in [-0.1, -0.05) is 13.8 Å². The summed E-state index contributed by atoms with van der Waals surface area (Å²) in [6, 6.07) is 1.69. The number of carboxylic acid groups (broad SMARTS) is 1. The van der Waals surface area contributed by atoms with Crippen molar-refractivity contribution in [1.82, 2.24) is 5.32 Å². The first-order chi connectivity index (χ1) is 7.93. The van der Waals surface area contributed by atoms with Crippen LogP contribution in [0.25, 0.3) is 0 Å². The molecule has 1 rings (SSSR count). The minimum Gasteiger partial charge on any atom is -0.481 e. The topological polar surface area (TPSA) is 79.5 Å². The van der Waals surface area contributed by atoms with Gasteiger partial charge in [0.15, 0.2) is 5.76 Å². The average Bonchev–Trinajstić information content (AvgIpc) is 2.63. The number of hydrogen-bond donors (Lipinski definition) is 2. The first-order valence-corrected chi connectivity index (χ1v) is 5.48. The molecular formula is C12H17NO4. The fraction of sp³-hybridized carbons (Fsp3) is 0.500. The van der Waals surface area contributed by atoms with Gasteiger partial charge >= 0.3 is 5.97 Å². The molecule has 1 aromatic rings. The van der Waals surface area contributed by atoms with Gasteiger partial charge in [-0.15, -0.1) is 0 Å². The van der Waals surface area contributed by atoms with Gasteiger partial charge in [0.05, 0.1) is 12.2 Å². The highest BCUT2D eigenvalue weighted by molar-refractivity contribution is 5.93. The van der Waals surface area contributed by atoms with Crippen molar-refractivity contribution in [3.05, 3.63) is 23.7 Å². The molecule has 1 unspecified atom stereocenters. The second kappa shape index (κ2) is 5.52.